The number of nitrogens with one attached hydrogen (secondary N) is 1. The number of thiazole rings is 1. The van der Waals surface area contributed by atoms with Gasteiger partial charge in [-0.2, -0.15) is 5.10 Å². The summed E-state index contributed by atoms with van der Waals surface area (Å²) in [6.45, 7) is 4.52. The summed E-state index contributed by atoms with van der Waals surface area (Å²) < 4.78 is 1.71. The van der Waals surface area contributed by atoms with Crippen molar-refractivity contribution >= 4 is 17.2 Å². The predicted octanol–water partition coefficient (Wildman–Crippen LogP) is 2.21. The molecule has 8 heteroatoms. The standard InChI is InChI=1S/C18H20N6OS/c1-2-23(14-6-8-19-10-14)18(25)15-12-26-17(22-15)13-9-21-24(11-13)16-5-3-4-7-20-16/h3-5,7,9,11-12,14,19H,2,6,8,10H2,1H3/t14-/m0/s1. The van der Waals surface area contributed by atoms with E-state index in [1.165, 1.54) is 11.3 Å². The number of hydrogen-bond acceptors (Lipinski definition) is 6. The summed E-state index contributed by atoms with van der Waals surface area (Å²) in [5, 5.41) is 10.3. The molecule has 1 atom stereocenters. The quantitative estimate of drug-likeness (QED) is 0.747. The Bertz CT molecular complexity index is 884. The van der Waals surface area contributed by atoms with Crippen molar-refractivity contribution in [2.45, 2.75) is 19.4 Å². The molecule has 1 fully saturated rings. The van der Waals surface area contributed by atoms with Gasteiger partial charge in [0.15, 0.2) is 5.82 Å². The topological polar surface area (TPSA) is 75.9 Å². The first-order valence-corrected chi connectivity index (χ1v) is 9.58. The molecule has 0 aromatic carbocycles. The number of pyridine rings is 1. The molecule has 1 N–H and O–H groups in total. The molecule has 134 valence electrons. The lowest BCUT2D eigenvalue weighted by Gasteiger charge is -2.26. The maximum Gasteiger partial charge on any atom is 0.273 e. The average Bonchev–Trinajstić information content (AvgIpc) is 3.43. The molecule has 1 aliphatic heterocycles. The first-order chi connectivity index (χ1) is 12.8. The highest BCUT2D eigenvalue weighted by Crippen LogP contribution is 2.25. The molecule has 0 unspecified atom stereocenters. The summed E-state index contributed by atoms with van der Waals surface area (Å²) in [5.74, 6) is 0.748. The van der Waals surface area contributed by atoms with Crippen LogP contribution in [-0.2, 0) is 0 Å². The van der Waals surface area contributed by atoms with Gasteiger partial charge >= 0.3 is 0 Å². The molecule has 1 amide bonds. The number of amides is 1. The summed E-state index contributed by atoms with van der Waals surface area (Å²) in [5.41, 5.74) is 1.38. The molecular weight excluding hydrogens is 348 g/mol. The van der Waals surface area contributed by atoms with Crippen molar-refractivity contribution in [3.63, 3.8) is 0 Å². The van der Waals surface area contributed by atoms with Gasteiger partial charge < -0.3 is 10.2 Å². The van der Waals surface area contributed by atoms with Crippen molar-refractivity contribution in [3.8, 4) is 16.4 Å². The molecule has 0 radical (unpaired) electrons. The average molecular weight is 368 g/mol. The predicted molar refractivity (Wildman–Crippen MR) is 100 cm³/mol. The first kappa shape index (κ1) is 16.9. The molecular formula is C18H20N6OS. The fourth-order valence-electron chi connectivity index (χ4n) is 3.17. The van der Waals surface area contributed by atoms with Crippen LogP contribution in [0.5, 0.6) is 0 Å². The van der Waals surface area contributed by atoms with Gasteiger partial charge in [-0.05, 0) is 32.0 Å². The van der Waals surface area contributed by atoms with Crippen molar-refractivity contribution in [3.05, 3.63) is 47.9 Å². The second-order valence-electron chi connectivity index (χ2n) is 6.14. The number of carbonyl (C=O) groups excluding carboxylic acids is 1. The van der Waals surface area contributed by atoms with Crippen LogP contribution in [0.3, 0.4) is 0 Å². The minimum Gasteiger partial charge on any atom is -0.333 e. The number of rotatable bonds is 5. The Labute approximate surface area is 155 Å². The summed E-state index contributed by atoms with van der Waals surface area (Å²) >= 11 is 1.46. The summed E-state index contributed by atoms with van der Waals surface area (Å²) in [7, 11) is 0. The van der Waals surface area contributed by atoms with E-state index in [9.17, 15) is 4.79 Å². The Hall–Kier alpha value is -2.58. The van der Waals surface area contributed by atoms with E-state index in [-0.39, 0.29) is 11.9 Å². The molecule has 1 aliphatic rings. The Kier molecular flexibility index (Phi) is 4.77. The van der Waals surface area contributed by atoms with Crippen molar-refractivity contribution in [2.24, 2.45) is 0 Å². The molecule has 4 heterocycles. The Morgan fingerprint density at radius 2 is 2.38 bits per heavy atom. The fourth-order valence-corrected chi connectivity index (χ4v) is 3.94. The Balaban J connectivity index is 1.54. The highest BCUT2D eigenvalue weighted by Gasteiger charge is 2.27. The van der Waals surface area contributed by atoms with Gasteiger partial charge in [0.2, 0.25) is 0 Å². The number of nitrogens with zero attached hydrogens (tertiary/aromatic N) is 5. The van der Waals surface area contributed by atoms with Crippen molar-refractivity contribution in [2.75, 3.05) is 19.6 Å². The summed E-state index contributed by atoms with van der Waals surface area (Å²) in [4.78, 5) is 23.6. The highest BCUT2D eigenvalue weighted by atomic mass is 32.1. The lowest BCUT2D eigenvalue weighted by atomic mass is 10.2. The smallest absolute Gasteiger partial charge is 0.273 e. The van der Waals surface area contributed by atoms with Crippen LogP contribution < -0.4 is 5.32 Å². The zero-order chi connectivity index (χ0) is 17.9. The zero-order valence-corrected chi connectivity index (χ0v) is 15.3. The molecule has 7 nitrogen and oxygen atoms in total. The van der Waals surface area contributed by atoms with Crippen LogP contribution >= 0.6 is 11.3 Å². The van der Waals surface area contributed by atoms with Gasteiger partial charge in [-0.15, -0.1) is 11.3 Å². The van der Waals surface area contributed by atoms with E-state index in [2.05, 4.69) is 20.4 Å². The molecule has 4 rings (SSSR count). The summed E-state index contributed by atoms with van der Waals surface area (Å²) in [6.07, 6.45) is 6.36. The molecule has 3 aromatic rings. The Morgan fingerprint density at radius 1 is 1.46 bits per heavy atom. The normalized spacial score (nSPS) is 16.7. The third kappa shape index (κ3) is 3.25. The van der Waals surface area contributed by atoms with E-state index < -0.39 is 0 Å². The van der Waals surface area contributed by atoms with E-state index in [0.29, 0.717) is 12.2 Å². The van der Waals surface area contributed by atoms with Gasteiger partial charge in [-0.3, -0.25) is 4.79 Å². The van der Waals surface area contributed by atoms with Crippen LogP contribution in [0.2, 0.25) is 0 Å². The third-order valence-electron chi connectivity index (χ3n) is 4.51. The molecule has 0 spiro atoms. The van der Waals surface area contributed by atoms with Crippen molar-refractivity contribution < 1.29 is 4.79 Å². The number of likely N-dealkylation sites (N-methyl/N-ethyl adjacent to an activating group) is 1. The third-order valence-corrected chi connectivity index (χ3v) is 5.40. The van der Waals surface area contributed by atoms with Gasteiger partial charge in [0, 0.05) is 42.5 Å². The molecule has 0 bridgehead atoms. The monoisotopic (exact) mass is 368 g/mol. The van der Waals surface area contributed by atoms with E-state index in [4.69, 9.17) is 0 Å². The van der Waals surface area contributed by atoms with E-state index in [0.717, 1.165) is 35.9 Å². The second-order valence-corrected chi connectivity index (χ2v) is 7.00. The largest absolute Gasteiger partial charge is 0.333 e. The van der Waals surface area contributed by atoms with E-state index in [1.807, 2.05) is 41.6 Å². The molecule has 0 aliphatic carbocycles. The van der Waals surface area contributed by atoms with Crippen molar-refractivity contribution in [1.82, 2.24) is 30.0 Å². The lowest BCUT2D eigenvalue weighted by molar-refractivity contribution is 0.0698. The molecule has 0 saturated carbocycles. The van der Waals surface area contributed by atoms with Crippen LogP contribution in [0.25, 0.3) is 16.4 Å². The number of carbonyl (C=O) groups is 1. The highest BCUT2D eigenvalue weighted by molar-refractivity contribution is 7.13. The van der Waals surface area contributed by atoms with E-state index in [1.54, 1.807) is 17.1 Å². The Morgan fingerprint density at radius 3 is 3.12 bits per heavy atom. The van der Waals surface area contributed by atoms with Gasteiger partial charge in [-0.25, -0.2) is 14.6 Å². The first-order valence-electron chi connectivity index (χ1n) is 8.70. The maximum absolute atomic E-state index is 12.8. The number of aromatic nitrogens is 4. The molecule has 1 saturated heterocycles. The maximum atomic E-state index is 12.8. The van der Waals surface area contributed by atoms with Gasteiger partial charge in [0.1, 0.15) is 10.7 Å². The minimum atomic E-state index is 0.000757. The van der Waals surface area contributed by atoms with E-state index >= 15 is 0 Å². The second kappa shape index (κ2) is 7.35. The SMILES string of the molecule is CCN(C(=O)c1csc(-c2cnn(-c3ccccn3)c2)n1)[C@H]1CCNC1. The van der Waals surface area contributed by atoms with Crippen molar-refractivity contribution in [1.29, 1.82) is 0 Å². The van der Waals surface area contributed by atoms with Crippen LogP contribution in [-0.4, -0.2) is 56.2 Å². The van der Waals surface area contributed by atoms with Gasteiger partial charge in [0.05, 0.1) is 6.20 Å². The van der Waals surface area contributed by atoms with Crippen LogP contribution in [0.1, 0.15) is 23.8 Å². The van der Waals surface area contributed by atoms with Crippen LogP contribution in [0.15, 0.2) is 42.2 Å². The summed E-state index contributed by atoms with van der Waals surface area (Å²) in [6, 6.07) is 5.93. The number of hydrogen-bond donors (Lipinski definition) is 1. The zero-order valence-electron chi connectivity index (χ0n) is 14.5. The van der Waals surface area contributed by atoms with Gasteiger partial charge in [0.25, 0.3) is 5.91 Å². The lowest BCUT2D eigenvalue weighted by Crippen LogP contribution is -2.41. The van der Waals surface area contributed by atoms with Crippen LogP contribution in [0.4, 0.5) is 0 Å². The fraction of sp³-hybridized carbons (Fsp3) is 0.333. The van der Waals surface area contributed by atoms with Gasteiger partial charge in [-0.1, -0.05) is 6.07 Å². The molecule has 3 aromatic heterocycles. The van der Waals surface area contributed by atoms with Crippen LogP contribution in [0, 0.1) is 0 Å². The molecule has 26 heavy (non-hydrogen) atoms. The minimum absolute atomic E-state index is 0.000757.